The van der Waals surface area contributed by atoms with Crippen molar-refractivity contribution in [1.29, 1.82) is 0 Å². The fourth-order valence-electron chi connectivity index (χ4n) is 1.39. The minimum atomic E-state index is -3.05. The number of sulfone groups is 1. The topological polar surface area (TPSA) is 63.7 Å². The predicted octanol–water partition coefficient (Wildman–Crippen LogP) is 1.43. The Bertz CT molecular complexity index is 379. The van der Waals surface area contributed by atoms with Crippen LogP contribution in [-0.4, -0.2) is 49.6 Å². The maximum Gasteiger partial charge on any atom is 0.410 e. The van der Waals surface area contributed by atoms with E-state index in [1.165, 1.54) is 11.2 Å². The Balaban J connectivity index is 2.57. The van der Waals surface area contributed by atoms with Crippen molar-refractivity contribution in [2.24, 2.45) is 0 Å². The molecule has 0 atom stereocenters. The predicted molar refractivity (Wildman–Crippen MR) is 65.7 cm³/mol. The summed E-state index contributed by atoms with van der Waals surface area (Å²) in [4.78, 5) is 13.4. The Morgan fingerprint density at radius 1 is 1.35 bits per heavy atom. The molecule has 0 saturated heterocycles. The van der Waals surface area contributed by atoms with E-state index in [0.717, 1.165) is 12.8 Å². The smallest absolute Gasteiger partial charge is 0.410 e. The van der Waals surface area contributed by atoms with E-state index in [4.69, 9.17) is 4.74 Å². The van der Waals surface area contributed by atoms with Crippen molar-refractivity contribution in [1.82, 2.24) is 4.90 Å². The van der Waals surface area contributed by atoms with E-state index in [1.54, 1.807) is 20.8 Å². The van der Waals surface area contributed by atoms with Crippen molar-refractivity contribution in [2.75, 3.05) is 18.6 Å². The van der Waals surface area contributed by atoms with Gasteiger partial charge in [0.15, 0.2) is 0 Å². The Hall–Kier alpha value is -0.780. The fraction of sp³-hybridized carbons (Fsp3) is 0.909. The molecule has 0 spiro atoms. The fourth-order valence-corrected chi connectivity index (χ4v) is 1.92. The number of carbonyl (C=O) groups excluding carboxylic acids is 1. The lowest BCUT2D eigenvalue weighted by Gasteiger charge is -2.27. The molecular formula is C11H21NO4S. The zero-order chi connectivity index (χ0) is 13.3. The van der Waals surface area contributed by atoms with Crippen LogP contribution < -0.4 is 0 Å². The number of amides is 1. The van der Waals surface area contributed by atoms with Gasteiger partial charge in [0.05, 0.1) is 5.75 Å². The van der Waals surface area contributed by atoms with Gasteiger partial charge in [-0.3, -0.25) is 0 Å². The van der Waals surface area contributed by atoms with Gasteiger partial charge in [0.1, 0.15) is 15.4 Å². The first-order valence-corrected chi connectivity index (χ1v) is 7.82. The Kier molecular flexibility index (Phi) is 4.06. The first kappa shape index (κ1) is 14.3. The lowest BCUT2D eigenvalue weighted by molar-refractivity contribution is 0.0246. The van der Waals surface area contributed by atoms with Gasteiger partial charge in [-0.1, -0.05) is 0 Å². The van der Waals surface area contributed by atoms with Crippen LogP contribution in [0, 0.1) is 0 Å². The summed E-state index contributed by atoms with van der Waals surface area (Å²) in [5.41, 5.74) is -0.546. The average Bonchev–Trinajstić information content (AvgIpc) is 2.82. The minimum Gasteiger partial charge on any atom is -0.444 e. The molecule has 0 unspecified atom stereocenters. The number of hydrogen-bond acceptors (Lipinski definition) is 4. The molecule has 100 valence electrons. The van der Waals surface area contributed by atoms with Gasteiger partial charge in [-0.2, -0.15) is 0 Å². The molecular weight excluding hydrogens is 242 g/mol. The molecule has 1 saturated carbocycles. The Morgan fingerprint density at radius 3 is 2.24 bits per heavy atom. The van der Waals surface area contributed by atoms with Crippen LogP contribution in [0.1, 0.15) is 33.6 Å². The van der Waals surface area contributed by atoms with Gasteiger partial charge in [-0.25, -0.2) is 13.2 Å². The quantitative estimate of drug-likeness (QED) is 0.769. The first-order valence-electron chi connectivity index (χ1n) is 5.76. The minimum absolute atomic E-state index is 0.0112. The molecule has 1 aliphatic rings. The summed E-state index contributed by atoms with van der Waals surface area (Å²) in [5.74, 6) is -0.0112. The maximum absolute atomic E-state index is 11.9. The van der Waals surface area contributed by atoms with Gasteiger partial charge in [-0.05, 0) is 33.6 Å². The summed E-state index contributed by atoms with van der Waals surface area (Å²) in [5, 5.41) is 0. The second kappa shape index (κ2) is 4.84. The van der Waals surface area contributed by atoms with Gasteiger partial charge >= 0.3 is 6.09 Å². The van der Waals surface area contributed by atoms with Gasteiger partial charge in [0, 0.05) is 18.8 Å². The highest BCUT2D eigenvalue weighted by Crippen LogP contribution is 2.28. The lowest BCUT2D eigenvalue weighted by atomic mass is 10.2. The van der Waals surface area contributed by atoms with Crippen LogP contribution >= 0.6 is 0 Å². The van der Waals surface area contributed by atoms with E-state index in [1.807, 2.05) is 0 Å². The largest absolute Gasteiger partial charge is 0.444 e. The molecule has 0 heterocycles. The summed E-state index contributed by atoms with van der Waals surface area (Å²) in [7, 11) is -3.05. The second-order valence-corrected chi connectivity index (χ2v) is 7.79. The number of hydrogen-bond donors (Lipinski definition) is 0. The summed E-state index contributed by atoms with van der Waals surface area (Å²) >= 11 is 0. The van der Waals surface area contributed by atoms with Crippen LogP contribution in [0.25, 0.3) is 0 Å². The van der Waals surface area contributed by atoms with Crippen LogP contribution in [0.5, 0.6) is 0 Å². The SMILES string of the molecule is CC(C)(C)OC(=O)N(CCS(C)(=O)=O)C1CC1. The van der Waals surface area contributed by atoms with Gasteiger partial charge < -0.3 is 9.64 Å². The summed E-state index contributed by atoms with van der Waals surface area (Å²) in [6.07, 6.45) is 2.63. The van der Waals surface area contributed by atoms with Crippen LogP contribution in [0.15, 0.2) is 0 Å². The molecule has 0 aliphatic heterocycles. The number of rotatable bonds is 4. The Morgan fingerprint density at radius 2 is 1.88 bits per heavy atom. The Labute approximate surface area is 103 Å². The second-order valence-electron chi connectivity index (χ2n) is 5.53. The van der Waals surface area contributed by atoms with Gasteiger partial charge in [0.25, 0.3) is 0 Å². The van der Waals surface area contributed by atoms with E-state index in [-0.39, 0.29) is 18.3 Å². The highest BCUT2D eigenvalue weighted by Gasteiger charge is 2.35. The van der Waals surface area contributed by atoms with Crippen LogP contribution in [0.3, 0.4) is 0 Å². The molecule has 6 heteroatoms. The van der Waals surface area contributed by atoms with Crippen molar-refractivity contribution in [3.05, 3.63) is 0 Å². The summed E-state index contributed by atoms with van der Waals surface area (Å²) < 4.78 is 27.5. The van der Waals surface area contributed by atoms with Crippen molar-refractivity contribution in [2.45, 2.75) is 45.3 Å². The van der Waals surface area contributed by atoms with Crippen LogP contribution in [-0.2, 0) is 14.6 Å². The van der Waals surface area contributed by atoms with E-state index < -0.39 is 21.5 Å². The molecule has 1 amide bonds. The summed E-state index contributed by atoms with van der Waals surface area (Å²) in [6, 6.07) is 0.159. The third-order valence-electron chi connectivity index (χ3n) is 2.32. The third kappa shape index (κ3) is 5.91. The summed E-state index contributed by atoms with van der Waals surface area (Å²) in [6.45, 7) is 5.62. The van der Waals surface area contributed by atoms with E-state index >= 15 is 0 Å². The molecule has 0 radical (unpaired) electrons. The zero-order valence-corrected chi connectivity index (χ0v) is 11.7. The van der Waals surface area contributed by atoms with E-state index in [2.05, 4.69) is 0 Å². The number of nitrogens with zero attached hydrogens (tertiary/aromatic N) is 1. The van der Waals surface area contributed by atoms with Crippen molar-refractivity contribution < 1.29 is 17.9 Å². The van der Waals surface area contributed by atoms with Crippen molar-refractivity contribution in [3.8, 4) is 0 Å². The monoisotopic (exact) mass is 263 g/mol. The van der Waals surface area contributed by atoms with Crippen molar-refractivity contribution in [3.63, 3.8) is 0 Å². The number of ether oxygens (including phenoxy) is 1. The molecule has 1 fully saturated rings. The molecule has 1 rings (SSSR count). The molecule has 0 aromatic carbocycles. The average molecular weight is 263 g/mol. The molecule has 17 heavy (non-hydrogen) atoms. The third-order valence-corrected chi connectivity index (χ3v) is 3.24. The molecule has 0 aromatic rings. The lowest BCUT2D eigenvalue weighted by Crippen LogP contribution is -2.40. The standard InChI is InChI=1S/C11H21NO4S/c1-11(2,3)16-10(13)12(9-5-6-9)7-8-17(4,14)15/h9H,5-8H2,1-4H3. The molecule has 1 aliphatic carbocycles. The first-order chi connectivity index (χ1) is 7.58. The zero-order valence-electron chi connectivity index (χ0n) is 10.9. The highest BCUT2D eigenvalue weighted by atomic mass is 32.2. The van der Waals surface area contributed by atoms with Gasteiger partial charge in [0.2, 0.25) is 0 Å². The van der Waals surface area contributed by atoms with E-state index in [9.17, 15) is 13.2 Å². The molecule has 5 nitrogen and oxygen atoms in total. The normalized spacial score (nSPS) is 16.7. The maximum atomic E-state index is 11.9. The van der Waals surface area contributed by atoms with Crippen LogP contribution in [0.2, 0.25) is 0 Å². The molecule has 0 N–H and O–H groups in total. The van der Waals surface area contributed by atoms with Crippen LogP contribution in [0.4, 0.5) is 4.79 Å². The van der Waals surface area contributed by atoms with Crippen molar-refractivity contribution >= 4 is 15.9 Å². The molecule has 0 aromatic heterocycles. The highest BCUT2D eigenvalue weighted by molar-refractivity contribution is 7.90. The van der Waals surface area contributed by atoms with E-state index in [0.29, 0.717) is 0 Å². The van der Waals surface area contributed by atoms with Gasteiger partial charge in [-0.15, -0.1) is 0 Å². The molecule has 0 bridgehead atoms. The number of carbonyl (C=O) groups is 1.